The first-order valence-corrected chi connectivity index (χ1v) is 8.13. The lowest BCUT2D eigenvalue weighted by molar-refractivity contribution is -0.111. The number of amides is 1. The van der Waals surface area contributed by atoms with E-state index in [1.54, 1.807) is 23.0 Å². The van der Waals surface area contributed by atoms with Gasteiger partial charge in [0, 0.05) is 24.6 Å². The molecule has 2 atom stereocenters. The first-order valence-electron chi connectivity index (χ1n) is 8.13. The minimum absolute atomic E-state index is 0.187. The lowest BCUT2D eigenvalue weighted by atomic mass is 10.2. The summed E-state index contributed by atoms with van der Waals surface area (Å²) in [5, 5.41) is 7.07. The summed E-state index contributed by atoms with van der Waals surface area (Å²) in [6.07, 6.45) is 6.08. The highest BCUT2D eigenvalue weighted by Crippen LogP contribution is 2.47. The SMILES string of the molecule is CC(C)Cn1nccc1NC(=O)/C=C/c1ccc(C2CC2C)o1. The van der Waals surface area contributed by atoms with E-state index in [1.807, 2.05) is 12.1 Å². The van der Waals surface area contributed by atoms with Crippen LogP contribution in [0, 0.1) is 11.8 Å². The van der Waals surface area contributed by atoms with Crippen LogP contribution in [0.5, 0.6) is 0 Å². The Labute approximate surface area is 136 Å². The van der Waals surface area contributed by atoms with Crippen molar-refractivity contribution in [3.63, 3.8) is 0 Å². The molecule has 23 heavy (non-hydrogen) atoms. The van der Waals surface area contributed by atoms with E-state index in [2.05, 4.69) is 31.2 Å². The van der Waals surface area contributed by atoms with Gasteiger partial charge in [-0.05, 0) is 36.5 Å². The van der Waals surface area contributed by atoms with E-state index in [-0.39, 0.29) is 5.91 Å². The Morgan fingerprint density at radius 1 is 1.48 bits per heavy atom. The van der Waals surface area contributed by atoms with Crippen molar-refractivity contribution in [1.82, 2.24) is 9.78 Å². The number of furan rings is 1. The van der Waals surface area contributed by atoms with Crippen LogP contribution in [0.15, 0.2) is 34.9 Å². The van der Waals surface area contributed by atoms with E-state index >= 15 is 0 Å². The van der Waals surface area contributed by atoms with E-state index in [9.17, 15) is 4.79 Å². The molecule has 1 fully saturated rings. The second kappa shape index (κ2) is 6.44. The van der Waals surface area contributed by atoms with Crippen LogP contribution in [0.3, 0.4) is 0 Å². The Bertz CT molecular complexity index is 711. The Kier molecular flexibility index (Phi) is 4.37. The van der Waals surface area contributed by atoms with Crippen molar-refractivity contribution < 1.29 is 9.21 Å². The molecule has 3 rings (SSSR count). The maximum absolute atomic E-state index is 12.0. The predicted molar refractivity (Wildman–Crippen MR) is 90.0 cm³/mol. The first-order chi connectivity index (χ1) is 11.0. The molecule has 1 aliphatic rings. The number of carbonyl (C=O) groups is 1. The fourth-order valence-corrected chi connectivity index (χ4v) is 2.63. The highest BCUT2D eigenvalue weighted by molar-refractivity contribution is 6.01. The van der Waals surface area contributed by atoms with E-state index in [1.165, 1.54) is 12.5 Å². The van der Waals surface area contributed by atoms with E-state index in [0.717, 1.165) is 12.3 Å². The van der Waals surface area contributed by atoms with Gasteiger partial charge in [-0.3, -0.25) is 4.79 Å². The second-order valence-electron chi connectivity index (χ2n) is 6.67. The summed E-state index contributed by atoms with van der Waals surface area (Å²) in [5.41, 5.74) is 0. The summed E-state index contributed by atoms with van der Waals surface area (Å²) in [7, 11) is 0. The van der Waals surface area contributed by atoms with Crippen LogP contribution in [-0.2, 0) is 11.3 Å². The highest BCUT2D eigenvalue weighted by Gasteiger charge is 2.36. The molecule has 1 saturated carbocycles. The topological polar surface area (TPSA) is 60.1 Å². The summed E-state index contributed by atoms with van der Waals surface area (Å²) in [5.74, 6) is 3.98. The van der Waals surface area contributed by atoms with Gasteiger partial charge in [-0.25, -0.2) is 4.68 Å². The van der Waals surface area contributed by atoms with Crippen LogP contribution in [-0.4, -0.2) is 15.7 Å². The fourth-order valence-electron chi connectivity index (χ4n) is 2.63. The molecule has 122 valence electrons. The number of nitrogens with zero attached hydrogens (tertiary/aromatic N) is 2. The Morgan fingerprint density at radius 3 is 2.96 bits per heavy atom. The monoisotopic (exact) mass is 313 g/mol. The first kappa shape index (κ1) is 15.6. The number of nitrogens with one attached hydrogen (secondary N) is 1. The zero-order valence-electron chi connectivity index (χ0n) is 13.8. The summed E-state index contributed by atoms with van der Waals surface area (Å²) >= 11 is 0. The molecule has 5 heteroatoms. The number of hydrogen-bond acceptors (Lipinski definition) is 3. The molecule has 2 aromatic heterocycles. The highest BCUT2D eigenvalue weighted by atomic mass is 16.3. The number of hydrogen-bond donors (Lipinski definition) is 1. The Hall–Kier alpha value is -2.30. The minimum atomic E-state index is -0.187. The van der Waals surface area contributed by atoms with Crippen LogP contribution >= 0.6 is 0 Å². The summed E-state index contributed by atoms with van der Waals surface area (Å²) < 4.78 is 7.56. The normalized spacial score (nSPS) is 20.3. The third-order valence-electron chi connectivity index (χ3n) is 4.03. The molecular formula is C18H23N3O2. The average Bonchev–Trinajstić information content (AvgIpc) is 2.89. The molecule has 1 aliphatic carbocycles. The molecule has 0 aliphatic heterocycles. The standard InChI is InChI=1S/C18H23N3O2/c1-12(2)11-21-17(8-9-19-21)20-18(22)7-5-14-4-6-16(23-14)15-10-13(15)3/h4-9,12-13,15H,10-11H2,1-3H3,(H,20,22)/b7-5+. The molecule has 0 saturated heterocycles. The third kappa shape index (κ3) is 3.92. The summed E-state index contributed by atoms with van der Waals surface area (Å²) in [4.78, 5) is 12.0. The van der Waals surface area contributed by atoms with Crippen molar-refractivity contribution in [3.8, 4) is 0 Å². The van der Waals surface area contributed by atoms with Gasteiger partial charge in [0.1, 0.15) is 17.3 Å². The van der Waals surface area contributed by atoms with E-state index < -0.39 is 0 Å². The van der Waals surface area contributed by atoms with E-state index in [4.69, 9.17) is 4.42 Å². The van der Waals surface area contributed by atoms with Crippen LogP contribution in [0.25, 0.3) is 6.08 Å². The molecule has 0 bridgehead atoms. The number of rotatable bonds is 6. The van der Waals surface area contributed by atoms with Crippen molar-refractivity contribution in [2.75, 3.05) is 5.32 Å². The third-order valence-corrected chi connectivity index (χ3v) is 4.03. The average molecular weight is 313 g/mol. The zero-order chi connectivity index (χ0) is 16.4. The minimum Gasteiger partial charge on any atom is -0.461 e. The van der Waals surface area contributed by atoms with Crippen LogP contribution in [0.1, 0.15) is 44.6 Å². The predicted octanol–water partition coefficient (Wildman–Crippen LogP) is 3.91. The van der Waals surface area contributed by atoms with Gasteiger partial charge in [0.05, 0.1) is 6.20 Å². The van der Waals surface area contributed by atoms with Crippen molar-refractivity contribution in [2.24, 2.45) is 11.8 Å². The Balaban J connectivity index is 1.58. The molecule has 2 unspecified atom stereocenters. The van der Waals surface area contributed by atoms with Crippen LogP contribution in [0.2, 0.25) is 0 Å². The molecule has 1 N–H and O–H groups in total. The van der Waals surface area contributed by atoms with Gasteiger partial charge in [0.2, 0.25) is 5.91 Å². The smallest absolute Gasteiger partial charge is 0.249 e. The molecule has 1 amide bonds. The molecule has 5 nitrogen and oxygen atoms in total. The molecule has 0 spiro atoms. The number of aromatic nitrogens is 2. The van der Waals surface area contributed by atoms with Gasteiger partial charge in [-0.15, -0.1) is 0 Å². The molecule has 0 radical (unpaired) electrons. The summed E-state index contributed by atoms with van der Waals surface area (Å²) in [6.45, 7) is 7.22. The van der Waals surface area contributed by atoms with Gasteiger partial charge in [-0.1, -0.05) is 20.8 Å². The molecular weight excluding hydrogens is 290 g/mol. The zero-order valence-corrected chi connectivity index (χ0v) is 13.8. The van der Waals surface area contributed by atoms with Crippen molar-refractivity contribution in [3.05, 3.63) is 42.0 Å². The summed E-state index contributed by atoms with van der Waals surface area (Å²) in [6, 6.07) is 5.71. The second-order valence-corrected chi connectivity index (χ2v) is 6.67. The van der Waals surface area contributed by atoms with Crippen molar-refractivity contribution in [1.29, 1.82) is 0 Å². The van der Waals surface area contributed by atoms with E-state index in [0.29, 0.717) is 29.3 Å². The van der Waals surface area contributed by atoms with Gasteiger partial charge < -0.3 is 9.73 Å². The van der Waals surface area contributed by atoms with Crippen molar-refractivity contribution in [2.45, 2.75) is 39.7 Å². The van der Waals surface area contributed by atoms with Crippen LogP contribution in [0.4, 0.5) is 5.82 Å². The lowest BCUT2D eigenvalue weighted by Crippen LogP contribution is -2.15. The van der Waals surface area contributed by atoms with Gasteiger partial charge in [0.15, 0.2) is 0 Å². The fraction of sp³-hybridized carbons (Fsp3) is 0.444. The number of carbonyl (C=O) groups excluding carboxylic acids is 1. The quantitative estimate of drug-likeness (QED) is 0.823. The Morgan fingerprint density at radius 2 is 2.26 bits per heavy atom. The molecule has 2 aromatic rings. The van der Waals surface area contributed by atoms with Gasteiger partial charge >= 0.3 is 0 Å². The largest absolute Gasteiger partial charge is 0.461 e. The maximum atomic E-state index is 12.0. The van der Waals surface area contributed by atoms with Gasteiger partial charge in [0.25, 0.3) is 0 Å². The lowest BCUT2D eigenvalue weighted by Gasteiger charge is -2.09. The number of anilines is 1. The van der Waals surface area contributed by atoms with Crippen molar-refractivity contribution >= 4 is 17.8 Å². The van der Waals surface area contributed by atoms with Gasteiger partial charge in [-0.2, -0.15) is 5.10 Å². The maximum Gasteiger partial charge on any atom is 0.249 e. The van der Waals surface area contributed by atoms with Crippen LogP contribution < -0.4 is 5.32 Å². The molecule has 2 heterocycles. The molecule has 0 aromatic carbocycles.